The highest BCUT2D eigenvalue weighted by Gasteiger charge is 2.28. The van der Waals surface area contributed by atoms with Crippen LogP contribution in [0.1, 0.15) is 45.4 Å². The van der Waals surface area contributed by atoms with Crippen LogP contribution in [0.15, 0.2) is 0 Å². The van der Waals surface area contributed by atoms with Crippen LogP contribution in [0.3, 0.4) is 0 Å². The van der Waals surface area contributed by atoms with E-state index in [1.54, 1.807) is 0 Å². The largest absolute Gasteiger partial charge is 0.777 e. The fourth-order valence-corrected chi connectivity index (χ4v) is 3.75. The van der Waals surface area contributed by atoms with Gasteiger partial charge in [0.25, 0.3) is 0 Å². The van der Waals surface area contributed by atoms with Gasteiger partial charge in [-0.2, -0.15) is 0 Å². The van der Waals surface area contributed by atoms with Crippen molar-refractivity contribution in [2.75, 3.05) is 6.54 Å². The van der Waals surface area contributed by atoms with Crippen LogP contribution >= 0.6 is 15.2 Å². The van der Waals surface area contributed by atoms with Gasteiger partial charge in [-0.3, -0.25) is 5.32 Å². The summed E-state index contributed by atoms with van der Waals surface area (Å²) >= 11 is 0. The summed E-state index contributed by atoms with van der Waals surface area (Å²) in [5.74, 6) is 0. The molecule has 0 aliphatic heterocycles. The second-order valence-corrected chi connectivity index (χ2v) is 7.92. The van der Waals surface area contributed by atoms with E-state index in [1.807, 2.05) is 0 Å². The minimum Gasteiger partial charge on any atom is -0.777 e. The Morgan fingerprint density at radius 2 is 1.44 bits per heavy atom. The molecule has 18 heavy (non-hydrogen) atoms. The summed E-state index contributed by atoms with van der Waals surface area (Å²) in [4.78, 5) is 38.9. The second-order valence-electron chi connectivity index (χ2n) is 4.22. The van der Waals surface area contributed by atoms with Crippen molar-refractivity contribution < 1.29 is 28.7 Å². The van der Waals surface area contributed by atoms with Gasteiger partial charge in [0.1, 0.15) is 5.52 Å². The third-order valence-electron chi connectivity index (χ3n) is 2.48. The van der Waals surface area contributed by atoms with E-state index in [9.17, 15) is 18.9 Å². The van der Waals surface area contributed by atoms with Gasteiger partial charge < -0.3 is 28.7 Å². The Morgan fingerprint density at radius 1 is 1.00 bits per heavy atom. The summed E-state index contributed by atoms with van der Waals surface area (Å²) in [7, 11) is -10.3. The SMILES string of the molecule is CCCCCCCCNC(P(=O)([O-])O)P(=O)([O-])O. The summed E-state index contributed by atoms with van der Waals surface area (Å²) < 4.78 is 21.5. The van der Waals surface area contributed by atoms with E-state index in [4.69, 9.17) is 9.79 Å². The van der Waals surface area contributed by atoms with Gasteiger partial charge in [-0.25, -0.2) is 0 Å². The van der Waals surface area contributed by atoms with Gasteiger partial charge in [0.15, 0.2) is 15.2 Å². The molecule has 0 radical (unpaired) electrons. The molecule has 0 heterocycles. The first-order valence-corrected chi connectivity index (χ1v) is 9.29. The molecule has 0 bridgehead atoms. The second kappa shape index (κ2) is 8.43. The number of hydrogen-bond donors (Lipinski definition) is 3. The lowest BCUT2D eigenvalue weighted by atomic mass is 10.1. The van der Waals surface area contributed by atoms with Gasteiger partial charge in [0.2, 0.25) is 0 Å². The first-order valence-electron chi connectivity index (χ1n) is 6.00. The van der Waals surface area contributed by atoms with E-state index >= 15 is 0 Å². The van der Waals surface area contributed by atoms with E-state index < -0.39 is 20.7 Å². The highest BCUT2D eigenvalue weighted by Crippen LogP contribution is 2.53. The van der Waals surface area contributed by atoms with E-state index in [-0.39, 0.29) is 6.54 Å². The smallest absolute Gasteiger partial charge is 0.157 e. The monoisotopic (exact) mass is 301 g/mol. The van der Waals surface area contributed by atoms with E-state index in [0.29, 0.717) is 6.42 Å². The molecule has 2 unspecified atom stereocenters. The Labute approximate surface area is 107 Å². The average molecular weight is 301 g/mol. The zero-order chi connectivity index (χ0) is 14.2. The van der Waals surface area contributed by atoms with Crippen LogP contribution in [-0.4, -0.2) is 21.9 Å². The highest BCUT2D eigenvalue weighted by atomic mass is 31.2. The summed E-state index contributed by atoms with van der Waals surface area (Å²) in [6, 6.07) is 0. The zero-order valence-corrected chi connectivity index (χ0v) is 12.2. The molecule has 0 amide bonds. The number of unbranched alkanes of at least 4 members (excludes halogenated alkanes) is 5. The van der Waals surface area contributed by atoms with Crippen molar-refractivity contribution in [1.82, 2.24) is 5.32 Å². The molecular weight excluding hydrogens is 280 g/mol. The van der Waals surface area contributed by atoms with Crippen LogP contribution in [0.2, 0.25) is 0 Å². The Morgan fingerprint density at radius 3 is 1.89 bits per heavy atom. The predicted octanol–water partition coefficient (Wildman–Crippen LogP) is 0.311. The van der Waals surface area contributed by atoms with Crippen molar-refractivity contribution in [3.05, 3.63) is 0 Å². The minimum atomic E-state index is -5.15. The summed E-state index contributed by atoms with van der Waals surface area (Å²) in [6.45, 7) is 2.20. The molecule has 0 aromatic heterocycles. The maximum Gasteiger partial charge on any atom is 0.157 e. The molecule has 9 heteroatoms. The molecule has 0 saturated heterocycles. The number of rotatable bonds is 10. The van der Waals surface area contributed by atoms with E-state index in [1.165, 1.54) is 0 Å². The summed E-state index contributed by atoms with van der Waals surface area (Å²) in [6.07, 6.45) is 5.74. The molecule has 0 aromatic carbocycles. The molecule has 3 N–H and O–H groups in total. The van der Waals surface area contributed by atoms with Crippen molar-refractivity contribution in [1.29, 1.82) is 0 Å². The Balaban J connectivity index is 3.94. The fraction of sp³-hybridized carbons (Fsp3) is 1.00. The summed E-state index contributed by atoms with van der Waals surface area (Å²) in [5, 5.41) is 2.14. The third-order valence-corrected chi connectivity index (χ3v) is 5.83. The maximum atomic E-state index is 10.8. The lowest BCUT2D eigenvalue weighted by molar-refractivity contribution is -0.207. The normalized spacial score (nSPS) is 20.1. The van der Waals surface area contributed by atoms with Crippen molar-refractivity contribution in [3.8, 4) is 0 Å². The summed E-state index contributed by atoms with van der Waals surface area (Å²) in [5.41, 5.74) is -2.30. The molecule has 110 valence electrons. The average Bonchev–Trinajstić information content (AvgIpc) is 2.18. The maximum absolute atomic E-state index is 10.8. The van der Waals surface area contributed by atoms with Crippen LogP contribution in [0.5, 0.6) is 0 Å². The minimum absolute atomic E-state index is 0.108. The van der Waals surface area contributed by atoms with Gasteiger partial charge in [-0.05, 0) is 13.0 Å². The highest BCUT2D eigenvalue weighted by molar-refractivity contribution is 7.69. The van der Waals surface area contributed by atoms with Gasteiger partial charge in [0.05, 0.1) is 0 Å². The fourth-order valence-electron chi connectivity index (χ4n) is 1.55. The predicted molar refractivity (Wildman–Crippen MR) is 64.8 cm³/mol. The van der Waals surface area contributed by atoms with Crippen LogP contribution in [0.25, 0.3) is 0 Å². The first kappa shape index (κ1) is 18.3. The first-order chi connectivity index (χ1) is 8.19. The Kier molecular flexibility index (Phi) is 8.56. The van der Waals surface area contributed by atoms with Crippen LogP contribution in [0, 0.1) is 0 Å². The molecule has 0 rings (SSSR count). The standard InChI is InChI=1S/C9H23NO6P2/c1-2-3-4-5-6-7-8-10-9(17(11,12)13)18(14,15)16/h9-10H,2-8H2,1H3,(H2,11,12,13)(H2,14,15,16)/p-2. The quantitative estimate of drug-likeness (QED) is 0.390. The molecule has 0 spiro atoms. The number of nitrogens with one attached hydrogen (secondary N) is 1. The van der Waals surface area contributed by atoms with Crippen molar-refractivity contribution in [2.45, 2.75) is 51.0 Å². The van der Waals surface area contributed by atoms with Gasteiger partial charge in [-0.1, -0.05) is 39.0 Å². The third kappa shape index (κ3) is 8.38. The molecule has 0 aliphatic carbocycles. The van der Waals surface area contributed by atoms with E-state index in [2.05, 4.69) is 12.2 Å². The van der Waals surface area contributed by atoms with Gasteiger partial charge in [-0.15, -0.1) is 0 Å². The molecule has 0 fully saturated rings. The van der Waals surface area contributed by atoms with Gasteiger partial charge >= 0.3 is 0 Å². The zero-order valence-electron chi connectivity index (χ0n) is 10.4. The van der Waals surface area contributed by atoms with Crippen LogP contribution in [0.4, 0.5) is 0 Å². The molecule has 0 saturated carbocycles. The molecule has 0 aliphatic rings. The van der Waals surface area contributed by atoms with Gasteiger partial charge in [0, 0.05) is 0 Å². The Hall–Kier alpha value is 0.260. The number of hydrogen-bond acceptors (Lipinski definition) is 5. The van der Waals surface area contributed by atoms with Crippen LogP contribution < -0.4 is 15.1 Å². The van der Waals surface area contributed by atoms with Crippen molar-refractivity contribution in [3.63, 3.8) is 0 Å². The molecule has 7 nitrogen and oxygen atoms in total. The molecule has 2 atom stereocenters. The van der Waals surface area contributed by atoms with Crippen molar-refractivity contribution in [2.24, 2.45) is 0 Å². The molecular formula is C9H21NO6P2-2. The van der Waals surface area contributed by atoms with E-state index in [0.717, 1.165) is 32.1 Å². The topological polar surface area (TPSA) is 133 Å². The lowest BCUT2D eigenvalue weighted by Crippen LogP contribution is -2.36. The Bertz CT molecular complexity index is 290. The van der Waals surface area contributed by atoms with Crippen molar-refractivity contribution >= 4 is 15.2 Å². The lowest BCUT2D eigenvalue weighted by Gasteiger charge is -2.34. The molecule has 0 aromatic rings. The van der Waals surface area contributed by atoms with Crippen LogP contribution in [-0.2, 0) is 9.13 Å².